The summed E-state index contributed by atoms with van der Waals surface area (Å²) in [5.74, 6) is 0.398. The third-order valence-electron chi connectivity index (χ3n) is 3.99. The molecular weight excluding hydrogens is 375 g/mol. The number of carbonyl (C=O) groups is 1. The van der Waals surface area contributed by atoms with E-state index in [0.29, 0.717) is 17.1 Å². The average Bonchev–Trinajstić information content (AvgIpc) is 3.08. The van der Waals surface area contributed by atoms with Crippen molar-refractivity contribution in [3.63, 3.8) is 0 Å². The number of fused-ring (bicyclic) bond motifs is 1. The Kier molecular flexibility index (Phi) is 5.62. The van der Waals surface area contributed by atoms with Gasteiger partial charge in [-0.05, 0) is 35.4 Å². The predicted octanol–water partition coefficient (Wildman–Crippen LogP) is 1.63. The molecule has 9 heteroatoms. The normalized spacial score (nSPS) is 13.0. The smallest absolute Gasteiger partial charge is 0.235 e. The second-order valence-electron chi connectivity index (χ2n) is 6.12. The van der Waals surface area contributed by atoms with Gasteiger partial charge in [-0.2, -0.15) is 4.31 Å². The third-order valence-corrected chi connectivity index (χ3v) is 5.18. The van der Waals surface area contributed by atoms with Crippen LogP contribution in [0.5, 0.6) is 11.5 Å². The molecule has 1 aliphatic heterocycles. The summed E-state index contributed by atoms with van der Waals surface area (Å²) in [4.78, 5) is 12.2. The Morgan fingerprint density at radius 3 is 2.48 bits per heavy atom. The van der Waals surface area contributed by atoms with E-state index in [9.17, 15) is 17.6 Å². The molecule has 2 aromatic carbocycles. The first-order valence-corrected chi connectivity index (χ1v) is 10.0. The lowest BCUT2D eigenvalue weighted by Gasteiger charge is -2.19. The lowest BCUT2D eigenvalue weighted by molar-refractivity contribution is -0.121. The summed E-state index contributed by atoms with van der Waals surface area (Å²) in [5, 5.41) is 2.69. The number of rotatable bonds is 7. The van der Waals surface area contributed by atoms with Crippen molar-refractivity contribution >= 4 is 15.9 Å². The zero-order valence-electron chi connectivity index (χ0n) is 14.6. The summed E-state index contributed by atoms with van der Waals surface area (Å²) in [6.07, 6.45) is 1.03. The standard InChI is InChI=1S/C18H19FN2O5S/c1-27(23,24)21(10-13-2-5-15(19)6-3-13)11-18(22)20-9-14-4-7-16-17(8-14)26-12-25-16/h2-8H,9-12H2,1H3,(H,20,22). The number of benzene rings is 2. The van der Waals surface area contributed by atoms with Crippen LogP contribution in [0.25, 0.3) is 0 Å². The molecule has 0 aliphatic carbocycles. The second-order valence-corrected chi connectivity index (χ2v) is 8.10. The van der Waals surface area contributed by atoms with Crippen molar-refractivity contribution < 1.29 is 27.1 Å². The summed E-state index contributed by atoms with van der Waals surface area (Å²) in [5.41, 5.74) is 1.39. The van der Waals surface area contributed by atoms with Crippen LogP contribution >= 0.6 is 0 Å². The Hall–Kier alpha value is -2.65. The van der Waals surface area contributed by atoms with Gasteiger partial charge < -0.3 is 14.8 Å². The minimum absolute atomic E-state index is 0.0173. The van der Waals surface area contributed by atoms with E-state index < -0.39 is 21.7 Å². The van der Waals surface area contributed by atoms with E-state index in [1.165, 1.54) is 24.3 Å². The average molecular weight is 394 g/mol. The maximum Gasteiger partial charge on any atom is 0.235 e. The summed E-state index contributed by atoms with van der Waals surface area (Å²) in [7, 11) is -3.62. The molecule has 2 aromatic rings. The van der Waals surface area contributed by atoms with Crippen LogP contribution in [0.2, 0.25) is 0 Å². The van der Waals surface area contributed by atoms with Gasteiger partial charge in [0.25, 0.3) is 0 Å². The lowest BCUT2D eigenvalue weighted by atomic mass is 10.2. The molecule has 0 fully saturated rings. The maximum atomic E-state index is 13.0. The topological polar surface area (TPSA) is 84.9 Å². The van der Waals surface area contributed by atoms with E-state index in [1.54, 1.807) is 18.2 Å². The number of nitrogens with zero attached hydrogens (tertiary/aromatic N) is 1. The molecule has 3 rings (SSSR count). The largest absolute Gasteiger partial charge is 0.454 e. The van der Waals surface area contributed by atoms with Gasteiger partial charge in [-0.25, -0.2) is 12.8 Å². The van der Waals surface area contributed by atoms with Crippen molar-refractivity contribution in [2.24, 2.45) is 0 Å². The van der Waals surface area contributed by atoms with Crippen LogP contribution < -0.4 is 14.8 Å². The van der Waals surface area contributed by atoms with Crippen molar-refractivity contribution in [1.82, 2.24) is 9.62 Å². The van der Waals surface area contributed by atoms with Crippen molar-refractivity contribution in [2.75, 3.05) is 19.6 Å². The molecule has 1 heterocycles. The van der Waals surface area contributed by atoms with Gasteiger partial charge in [-0.1, -0.05) is 18.2 Å². The van der Waals surface area contributed by atoms with E-state index in [1.807, 2.05) is 0 Å². The number of sulfonamides is 1. The van der Waals surface area contributed by atoms with Gasteiger partial charge in [0.2, 0.25) is 22.7 Å². The molecule has 0 aromatic heterocycles. The number of amides is 1. The monoisotopic (exact) mass is 394 g/mol. The van der Waals surface area contributed by atoms with E-state index in [2.05, 4.69) is 5.32 Å². The Labute approximate surface area is 156 Å². The van der Waals surface area contributed by atoms with Gasteiger partial charge in [0.15, 0.2) is 11.5 Å². The Bertz CT molecular complexity index is 931. The highest BCUT2D eigenvalue weighted by atomic mass is 32.2. The van der Waals surface area contributed by atoms with Crippen LogP contribution in [-0.4, -0.2) is 38.2 Å². The van der Waals surface area contributed by atoms with Gasteiger partial charge in [0.1, 0.15) is 5.82 Å². The number of hydrogen-bond donors (Lipinski definition) is 1. The minimum Gasteiger partial charge on any atom is -0.454 e. The van der Waals surface area contributed by atoms with Gasteiger partial charge in [0.05, 0.1) is 12.8 Å². The molecule has 0 spiro atoms. The number of carbonyl (C=O) groups excluding carboxylic acids is 1. The molecule has 27 heavy (non-hydrogen) atoms. The first-order valence-electron chi connectivity index (χ1n) is 8.16. The van der Waals surface area contributed by atoms with Crippen LogP contribution in [0, 0.1) is 5.82 Å². The Balaban J connectivity index is 1.60. The molecule has 7 nitrogen and oxygen atoms in total. The van der Waals surface area contributed by atoms with Crippen LogP contribution in [0.15, 0.2) is 42.5 Å². The molecule has 1 amide bonds. The van der Waals surface area contributed by atoms with Gasteiger partial charge in [-0.15, -0.1) is 0 Å². The fraction of sp³-hybridized carbons (Fsp3) is 0.278. The maximum absolute atomic E-state index is 13.0. The molecular formula is C18H19FN2O5S. The van der Waals surface area contributed by atoms with E-state index in [0.717, 1.165) is 16.1 Å². The zero-order valence-corrected chi connectivity index (χ0v) is 15.5. The summed E-state index contributed by atoms with van der Waals surface area (Å²) in [6, 6.07) is 10.8. The lowest BCUT2D eigenvalue weighted by Crippen LogP contribution is -2.39. The van der Waals surface area contributed by atoms with Crippen molar-refractivity contribution in [3.05, 3.63) is 59.4 Å². The van der Waals surface area contributed by atoms with Crippen molar-refractivity contribution in [1.29, 1.82) is 0 Å². The van der Waals surface area contributed by atoms with E-state index >= 15 is 0 Å². The first-order chi connectivity index (χ1) is 12.8. The highest BCUT2D eigenvalue weighted by molar-refractivity contribution is 7.88. The van der Waals surface area contributed by atoms with Crippen molar-refractivity contribution in [3.8, 4) is 11.5 Å². The number of hydrogen-bond acceptors (Lipinski definition) is 5. The molecule has 0 unspecified atom stereocenters. The summed E-state index contributed by atoms with van der Waals surface area (Å²) >= 11 is 0. The molecule has 0 radical (unpaired) electrons. The highest BCUT2D eigenvalue weighted by Gasteiger charge is 2.21. The number of halogens is 1. The zero-order chi connectivity index (χ0) is 19.4. The molecule has 0 bridgehead atoms. The van der Waals surface area contributed by atoms with Gasteiger partial charge in [-0.3, -0.25) is 4.79 Å². The highest BCUT2D eigenvalue weighted by Crippen LogP contribution is 2.32. The molecule has 0 saturated heterocycles. The number of ether oxygens (including phenoxy) is 2. The predicted molar refractivity (Wildman–Crippen MR) is 96.1 cm³/mol. The SMILES string of the molecule is CS(=O)(=O)N(CC(=O)NCc1ccc2c(c1)OCO2)Cc1ccc(F)cc1. The third kappa shape index (κ3) is 5.18. The molecule has 144 valence electrons. The quantitative estimate of drug-likeness (QED) is 0.772. The first kappa shape index (κ1) is 19.1. The van der Waals surface area contributed by atoms with Gasteiger partial charge in [0, 0.05) is 13.1 Å². The van der Waals surface area contributed by atoms with Crippen LogP contribution in [0.4, 0.5) is 4.39 Å². The van der Waals surface area contributed by atoms with E-state index in [-0.39, 0.29) is 26.4 Å². The molecule has 1 aliphatic rings. The fourth-order valence-corrected chi connectivity index (χ4v) is 3.29. The van der Waals surface area contributed by atoms with Crippen molar-refractivity contribution in [2.45, 2.75) is 13.1 Å². The molecule has 1 N–H and O–H groups in total. The summed E-state index contributed by atoms with van der Waals surface area (Å²) < 4.78 is 48.5. The van der Waals surface area contributed by atoms with Crippen LogP contribution in [0.3, 0.4) is 0 Å². The molecule has 0 atom stereocenters. The van der Waals surface area contributed by atoms with Crippen LogP contribution in [0.1, 0.15) is 11.1 Å². The Morgan fingerprint density at radius 2 is 1.78 bits per heavy atom. The Morgan fingerprint density at radius 1 is 1.11 bits per heavy atom. The molecule has 0 saturated carbocycles. The fourth-order valence-electron chi connectivity index (χ4n) is 2.55. The van der Waals surface area contributed by atoms with Gasteiger partial charge >= 0.3 is 0 Å². The summed E-state index contributed by atoms with van der Waals surface area (Å²) in [6.45, 7) is 0.0405. The van der Waals surface area contributed by atoms with Crippen LogP contribution in [-0.2, 0) is 27.9 Å². The minimum atomic E-state index is -3.62. The second kappa shape index (κ2) is 7.93. The van der Waals surface area contributed by atoms with E-state index in [4.69, 9.17) is 9.47 Å². The number of nitrogens with one attached hydrogen (secondary N) is 1.